The van der Waals surface area contributed by atoms with Gasteiger partial charge in [-0.1, -0.05) is 0 Å². The first-order valence-electron chi connectivity index (χ1n) is 5.33. The SMILES string of the molecule is CC(C)(C)OC(=O)NCCOc1cnccn1. The molecule has 0 aliphatic heterocycles. The first-order valence-corrected chi connectivity index (χ1v) is 5.33. The van der Waals surface area contributed by atoms with Gasteiger partial charge < -0.3 is 14.8 Å². The summed E-state index contributed by atoms with van der Waals surface area (Å²) in [5.41, 5.74) is -0.490. The van der Waals surface area contributed by atoms with Crippen molar-refractivity contribution in [2.24, 2.45) is 0 Å². The molecule has 0 spiro atoms. The molecule has 94 valence electrons. The lowest BCUT2D eigenvalue weighted by Crippen LogP contribution is -2.34. The molecule has 1 heterocycles. The van der Waals surface area contributed by atoms with Gasteiger partial charge in [0.2, 0.25) is 5.88 Å². The van der Waals surface area contributed by atoms with E-state index in [1.54, 1.807) is 6.20 Å². The van der Waals surface area contributed by atoms with Gasteiger partial charge in [0.25, 0.3) is 0 Å². The molecular weight excluding hydrogens is 222 g/mol. The van der Waals surface area contributed by atoms with Crippen LogP contribution in [0.15, 0.2) is 18.6 Å². The van der Waals surface area contributed by atoms with E-state index in [1.165, 1.54) is 12.4 Å². The summed E-state index contributed by atoms with van der Waals surface area (Å²) in [6.45, 7) is 6.09. The van der Waals surface area contributed by atoms with Gasteiger partial charge in [0.05, 0.1) is 12.7 Å². The van der Waals surface area contributed by atoms with Gasteiger partial charge in [0, 0.05) is 12.4 Å². The average Bonchev–Trinajstić information content (AvgIpc) is 2.23. The van der Waals surface area contributed by atoms with Crippen LogP contribution in [0.2, 0.25) is 0 Å². The number of nitrogens with zero attached hydrogens (tertiary/aromatic N) is 2. The van der Waals surface area contributed by atoms with Crippen molar-refractivity contribution >= 4 is 6.09 Å². The number of nitrogens with one attached hydrogen (secondary N) is 1. The summed E-state index contributed by atoms with van der Waals surface area (Å²) in [6.07, 6.45) is 4.15. The second-order valence-corrected chi connectivity index (χ2v) is 4.32. The Morgan fingerprint density at radius 2 is 2.18 bits per heavy atom. The maximum Gasteiger partial charge on any atom is 0.407 e. The lowest BCUT2D eigenvalue weighted by atomic mass is 10.2. The van der Waals surface area contributed by atoms with Crippen LogP contribution in [0.5, 0.6) is 5.88 Å². The second-order valence-electron chi connectivity index (χ2n) is 4.32. The van der Waals surface area contributed by atoms with Crippen molar-refractivity contribution in [2.75, 3.05) is 13.2 Å². The fraction of sp³-hybridized carbons (Fsp3) is 0.545. The van der Waals surface area contributed by atoms with Crippen LogP contribution >= 0.6 is 0 Å². The van der Waals surface area contributed by atoms with Gasteiger partial charge >= 0.3 is 6.09 Å². The average molecular weight is 239 g/mol. The number of carbonyl (C=O) groups excluding carboxylic acids is 1. The Balaban J connectivity index is 2.14. The van der Waals surface area contributed by atoms with Crippen molar-refractivity contribution in [2.45, 2.75) is 26.4 Å². The molecule has 0 saturated heterocycles. The third-order valence-electron chi connectivity index (χ3n) is 1.56. The van der Waals surface area contributed by atoms with Crippen molar-refractivity contribution in [3.8, 4) is 5.88 Å². The van der Waals surface area contributed by atoms with Gasteiger partial charge in [-0.15, -0.1) is 0 Å². The Morgan fingerprint density at radius 3 is 2.76 bits per heavy atom. The highest BCUT2D eigenvalue weighted by molar-refractivity contribution is 5.67. The Labute approximate surface area is 100 Å². The molecule has 0 aliphatic carbocycles. The van der Waals surface area contributed by atoms with Crippen LogP contribution in [0, 0.1) is 0 Å². The standard InChI is InChI=1S/C11H17N3O3/c1-11(2,3)17-10(15)14-6-7-16-9-8-12-4-5-13-9/h4-5,8H,6-7H2,1-3H3,(H,14,15). The van der Waals surface area contributed by atoms with E-state index in [9.17, 15) is 4.79 Å². The Bertz CT molecular complexity index is 349. The molecular formula is C11H17N3O3. The van der Waals surface area contributed by atoms with Gasteiger partial charge in [0.1, 0.15) is 12.2 Å². The molecule has 1 N–H and O–H groups in total. The van der Waals surface area contributed by atoms with Crippen LogP contribution in [0.3, 0.4) is 0 Å². The van der Waals surface area contributed by atoms with E-state index < -0.39 is 11.7 Å². The molecule has 6 nitrogen and oxygen atoms in total. The largest absolute Gasteiger partial charge is 0.475 e. The second kappa shape index (κ2) is 6.03. The fourth-order valence-electron chi connectivity index (χ4n) is 0.983. The topological polar surface area (TPSA) is 73.3 Å². The molecule has 0 saturated carbocycles. The molecule has 0 unspecified atom stereocenters. The van der Waals surface area contributed by atoms with Crippen LogP contribution in [0.25, 0.3) is 0 Å². The number of ether oxygens (including phenoxy) is 2. The van der Waals surface area contributed by atoms with Crippen LogP contribution in [-0.2, 0) is 4.74 Å². The molecule has 0 radical (unpaired) electrons. The highest BCUT2D eigenvalue weighted by Gasteiger charge is 2.15. The molecule has 1 aromatic heterocycles. The predicted molar refractivity (Wildman–Crippen MR) is 61.8 cm³/mol. The minimum Gasteiger partial charge on any atom is -0.475 e. The van der Waals surface area contributed by atoms with Crippen LogP contribution in [0.1, 0.15) is 20.8 Å². The van der Waals surface area contributed by atoms with Gasteiger partial charge in [-0.25, -0.2) is 9.78 Å². The summed E-state index contributed by atoms with van der Waals surface area (Å²) in [6, 6.07) is 0. The van der Waals surface area contributed by atoms with E-state index in [0.29, 0.717) is 19.0 Å². The summed E-state index contributed by atoms with van der Waals surface area (Å²) in [4.78, 5) is 19.0. The number of carbonyl (C=O) groups is 1. The highest BCUT2D eigenvalue weighted by atomic mass is 16.6. The zero-order valence-electron chi connectivity index (χ0n) is 10.3. The van der Waals surface area contributed by atoms with Crippen molar-refractivity contribution < 1.29 is 14.3 Å². The van der Waals surface area contributed by atoms with E-state index in [4.69, 9.17) is 9.47 Å². The van der Waals surface area contributed by atoms with Crippen LogP contribution < -0.4 is 10.1 Å². The third kappa shape index (κ3) is 6.34. The summed E-state index contributed by atoms with van der Waals surface area (Å²) in [5, 5.41) is 2.58. The summed E-state index contributed by atoms with van der Waals surface area (Å²) in [5.74, 6) is 0.429. The zero-order chi connectivity index (χ0) is 12.7. The van der Waals surface area contributed by atoms with Crippen molar-refractivity contribution in [1.29, 1.82) is 0 Å². The van der Waals surface area contributed by atoms with Crippen LogP contribution in [-0.4, -0.2) is 34.8 Å². The molecule has 1 amide bonds. The first-order chi connectivity index (χ1) is 7.97. The minimum absolute atomic E-state index is 0.317. The number of amides is 1. The fourth-order valence-corrected chi connectivity index (χ4v) is 0.983. The van der Waals surface area contributed by atoms with E-state index in [1.807, 2.05) is 20.8 Å². The van der Waals surface area contributed by atoms with E-state index in [-0.39, 0.29) is 0 Å². The smallest absolute Gasteiger partial charge is 0.407 e. The Kier molecular flexibility index (Phi) is 4.68. The molecule has 0 bridgehead atoms. The number of hydrogen-bond acceptors (Lipinski definition) is 5. The van der Waals surface area contributed by atoms with Crippen molar-refractivity contribution in [3.05, 3.63) is 18.6 Å². The number of alkyl carbamates (subject to hydrolysis) is 1. The van der Waals surface area contributed by atoms with Gasteiger partial charge in [-0.2, -0.15) is 0 Å². The molecule has 0 atom stereocenters. The van der Waals surface area contributed by atoms with Gasteiger partial charge in [-0.05, 0) is 20.8 Å². The molecule has 0 aliphatic rings. The molecule has 0 aromatic carbocycles. The highest BCUT2D eigenvalue weighted by Crippen LogP contribution is 2.06. The summed E-state index contributed by atoms with van der Waals surface area (Å²) >= 11 is 0. The molecule has 1 aromatic rings. The summed E-state index contributed by atoms with van der Waals surface area (Å²) < 4.78 is 10.3. The van der Waals surface area contributed by atoms with E-state index >= 15 is 0 Å². The zero-order valence-corrected chi connectivity index (χ0v) is 10.3. The maximum absolute atomic E-state index is 11.3. The first kappa shape index (κ1) is 13.2. The Hall–Kier alpha value is -1.85. The molecule has 6 heteroatoms. The third-order valence-corrected chi connectivity index (χ3v) is 1.56. The number of rotatable bonds is 4. The summed E-state index contributed by atoms with van der Waals surface area (Å²) in [7, 11) is 0. The van der Waals surface area contributed by atoms with Crippen molar-refractivity contribution in [3.63, 3.8) is 0 Å². The Morgan fingerprint density at radius 1 is 1.41 bits per heavy atom. The van der Waals surface area contributed by atoms with Gasteiger partial charge in [-0.3, -0.25) is 4.98 Å². The predicted octanol–water partition coefficient (Wildman–Crippen LogP) is 1.38. The molecule has 0 fully saturated rings. The van der Waals surface area contributed by atoms with E-state index in [0.717, 1.165) is 0 Å². The van der Waals surface area contributed by atoms with Gasteiger partial charge in [0.15, 0.2) is 0 Å². The minimum atomic E-state index is -0.490. The van der Waals surface area contributed by atoms with Crippen molar-refractivity contribution in [1.82, 2.24) is 15.3 Å². The number of aromatic nitrogens is 2. The van der Waals surface area contributed by atoms with E-state index in [2.05, 4.69) is 15.3 Å². The monoisotopic (exact) mass is 239 g/mol. The quantitative estimate of drug-likeness (QED) is 0.803. The lowest BCUT2D eigenvalue weighted by molar-refractivity contribution is 0.0520. The lowest BCUT2D eigenvalue weighted by Gasteiger charge is -2.19. The maximum atomic E-state index is 11.3. The molecule has 1 rings (SSSR count). The molecule has 17 heavy (non-hydrogen) atoms. The number of hydrogen-bond donors (Lipinski definition) is 1. The normalized spacial score (nSPS) is 10.8. The van der Waals surface area contributed by atoms with Crippen LogP contribution in [0.4, 0.5) is 4.79 Å².